The summed E-state index contributed by atoms with van der Waals surface area (Å²) in [4.78, 5) is 1.94. The molecule has 0 aliphatic carbocycles. The molecule has 0 aromatic carbocycles. The van der Waals surface area contributed by atoms with E-state index in [4.69, 9.17) is 16.9 Å². The maximum Gasteiger partial charge on any atom is 0.101 e. The third-order valence-corrected chi connectivity index (χ3v) is 4.61. The molecule has 0 aliphatic heterocycles. The van der Waals surface area contributed by atoms with Crippen molar-refractivity contribution in [2.75, 3.05) is 6.54 Å². The summed E-state index contributed by atoms with van der Waals surface area (Å²) in [5, 5.41) is 23.6. The number of hydrogen-bond donors (Lipinski definition) is 2. The first-order chi connectivity index (χ1) is 8.69. The number of rotatable bonds is 5. The zero-order chi connectivity index (χ0) is 13.0. The van der Waals surface area contributed by atoms with Crippen molar-refractivity contribution in [1.82, 2.24) is 5.32 Å². The molecule has 1 unspecified atom stereocenters. The van der Waals surface area contributed by atoms with Crippen LogP contribution < -0.4 is 5.32 Å². The first-order valence-electron chi connectivity index (χ1n) is 5.30. The lowest BCUT2D eigenvalue weighted by Gasteiger charge is -2.09. The summed E-state index contributed by atoms with van der Waals surface area (Å²) >= 11 is 8.74. The van der Waals surface area contributed by atoms with Crippen LogP contribution in [0.25, 0.3) is 0 Å². The van der Waals surface area contributed by atoms with Crippen LogP contribution in [0.2, 0.25) is 4.34 Å². The number of aliphatic hydroxyl groups excluding tert-OH is 1. The average Bonchev–Trinajstić information content (AvgIpc) is 2.98. The second-order valence-corrected chi connectivity index (χ2v) is 6.44. The molecule has 3 nitrogen and oxygen atoms in total. The van der Waals surface area contributed by atoms with E-state index in [1.807, 2.05) is 17.5 Å². The van der Waals surface area contributed by atoms with Crippen LogP contribution in [0, 0.1) is 11.3 Å². The Morgan fingerprint density at radius 2 is 2.33 bits per heavy atom. The normalized spacial score (nSPS) is 12.3. The molecule has 0 aliphatic rings. The van der Waals surface area contributed by atoms with Gasteiger partial charge in [-0.1, -0.05) is 11.6 Å². The maximum absolute atomic E-state index is 9.90. The largest absolute Gasteiger partial charge is 0.386 e. The van der Waals surface area contributed by atoms with Gasteiger partial charge in [0.1, 0.15) is 12.2 Å². The minimum Gasteiger partial charge on any atom is -0.386 e. The Bertz CT molecular complexity index is 558. The second kappa shape index (κ2) is 6.32. The molecule has 0 fully saturated rings. The molecule has 0 saturated carbocycles. The number of hydrogen-bond acceptors (Lipinski definition) is 5. The second-order valence-electron chi connectivity index (χ2n) is 3.70. The predicted molar refractivity (Wildman–Crippen MR) is 75.0 cm³/mol. The minimum absolute atomic E-state index is 0.469. The lowest BCUT2D eigenvalue weighted by molar-refractivity contribution is 0.178. The highest BCUT2D eigenvalue weighted by molar-refractivity contribution is 7.16. The molecule has 2 N–H and O–H groups in total. The van der Waals surface area contributed by atoms with Gasteiger partial charge in [0, 0.05) is 28.2 Å². The van der Waals surface area contributed by atoms with Gasteiger partial charge in [0.2, 0.25) is 0 Å². The van der Waals surface area contributed by atoms with E-state index < -0.39 is 6.10 Å². The van der Waals surface area contributed by atoms with Gasteiger partial charge in [0.15, 0.2) is 0 Å². The summed E-state index contributed by atoms with van der Waals surface area (Å²) in [5.74, 6) is 0. The van der Waals surface area contributed by atoms with E-state index in [9.17, 15) is 5.11 Å². The van der Waals surface area contributed by atoms with Crippen molar-refractivity contribution in [1.29, 1.82) is 5.26 Å². The fraction of sp³-hybridized carbons (Fsp3) is 0.250. The molecule has 0 spiro atoms. The SMILES string of the molecule is N#Cc1csc(CNCC(O)c2ccc(Cl)s2)c1. The van der Waals surface area contributed by atoms with Crippen LogP contribution in [-0.2, 0) is 6.54 Å². The van der Waals surface area contributed by atoms with Gasteiger partial charge in [-0.3, -0.25) is 0 Å². The van der Waals surface area contributed by atoms with Crippen molar-refractivity contribution >= 4 is 34.3 Å². The van der Waals surface area contributed by atoms with Crippen LogP contribution in [0.15, 0.2) is 23.6 Å². The summed E-state index contributed by atoms with van der Waals surface area (Å²) in [5.41, 5.74) is 0.683. The lowest BCUT2D eigenvalue weighted by atomic mass is 10.3. The number of halogens is 1. The van der Waals surface area contributed by atoms with E-state index in [1.165, 1.54) is 11.3 Å². The molecule has 2 heterocycles. The molecule has 2 aromatic heterocycles. The zero-order valence-electron chi connectivity index (χ0n) is 9.39. The van der Waals surface area contributed by atoms with Crippen molar-refractivity contribution in [3.05, 3.63) is 43.2 Å². The van der Waals surface area contributed by atoms with E-state index in [-0.39, 0.29) is 0 Å². The van der Waals surface area contributed by atoms with Crippen molar-refractivity contribution in [2.45, 2.75) is 12.6 Å². The van der Waals surface area contributed by atoms with E-state index in [1.54, 1.807) is 17.4 Å². The fourth-order valence-corrected chi connectivity index (χ4v) is 3.30. The van der Waals surface area contributed by atoms with Gasteiger partial charge in [-0.05, 0) is 18.2 Å². The summed E-state index contributed by atoms with van der Waals surface area (Å²) in [6, 6.07) is 7.56. The van der Waals surface area contributed by atoms with Crippen LogP contribution in [0.5, 0.6) is 0 Å². The Morgan fingerprint density at radius 1 is 1.50 bits per heavy atom. The van der Waals surface area contributed by atoms with E-state index in [2.05, 4.69) is 11.4 Å². The number of thiophene rings is 2. The van der Waals surface area contributed by atoms with E-state index in [0.29, 0.717) is 23.0 Å². The van der Waals surface area contributed by atoms with Crippen molar-refractivity contribution in [3.63, 3.8) is 0 Å². The molecule has 94 valence electrons. The van der Waals surface area contributed by atoms with E-state index >= 15 is 0 Å². The van der Waals surface area contributed by atoms with Gasteiger partial charge >= 0.3 is 0 Å². The standard InChI is InChI=1S/C12H11ClN2OS2/c13-12-2-1-11(18-12)10(16)6-15-5-9-3-8(4-14)7-17-9/h1-3,7,10,15-16H,5-6H2. The number of nitrogens with zero attached hydrogens (tertiary/aromatic N) is 1. The summed E-state index contributed by atoms with van der Waals surface area (Å²) < 4.78 is 0.681. The third-order valence-electron chi connectivity index (χ3n) is 2.34. The number of nitriles is 1. The monoisotopic (exact) mass is 298 g/mol. The summed E-state index contributed by atoms with van der Waals surface area (Å²) in [6.07, 6.45) is -0.544. The molecule has 2 rings (SSSR count). The van der Waals surface area contributed by atoms with Gasteiger partial charge < -0.3 is 10.4 Å². The Labute approximate surface area is 118 Å². The fourth-order valence-electron chi connectivity index (χ4n) is 1.47. The van der Waals surface area contributed by atoms with Crippen LogP contribution >= 0.6 is 34.3 Å². The number of aliphatic hydroxyl groups is 1. The molecule has 0 radical (unpaired) electrons. The smallest absolute Gasteiger partial charge is 0.101 e. The third kappa shape index (κ3) is 3.55. The van der Waals surface area contributed by atoms with Gasteiger partial charge in [-0.25, -0.2) is 0 Å². The molecule has 18 heavy (non-hydrogen) atoms. The Morgan fingerprint density at radius 3 is 2.94 bits per heavy atom. The van der Waals surface area contributed by atoms with E-state index in [0.717, 1.165) is 9.75 Å². The minimum atomic E-state index is -0.544. The topological polar surface area (TPSA) is 56.0 Å². The molecule has 2 aromatic rings. The first kappa shape index (κ1) is 13.5. The van der Waals surface area contributed by atoms with Gasteiger partial charge in [-0.15, -0.1) is 22.7 Å². The van der Waals surface area contributed by atoms with Crippen molar-refractivity contribution in [2.24, 2.45) is 0 Å². The van der Waals surface area contributed by atoms with Gasteiger partial charge in [-0.2, -0.15) is 5.26 Å². The Hall–Kier alpha value is -0.900. The van der Waals surface area contributed by atoms with Gasteiger partial charge in [0.25, 0.3) is 0 Å². The van der Waals surface area contributed by atoms with Crippen LogP contribution in [0.4, 0.5) is 0 Å². The lowest BCUT2D eigenvalue weighted by Crippen LogP contribution is -2.19. The van der Waals surface area contributed by atoms with Gasteiger partial charge in [0.05, 0.1) is 9.90 Å². The Kier molecular flexibility index (Phi) is 4.75. The molecule has 1 atom stereocenters. The summed E-state index contributed by atoms with van der Waals surface area (Å²) in [6.45, 7) is 1.12. The average molecular weight is 299 g/mol. The quantitative estimate of drug-likeness (QED) is 0.891. The highest BCUT2D eigenvalue weighted by atomic mass is 35.5. The van der Waals surface area contributed by atoms with Crippen molar-refractivity contribution < 1.29 is 5.11 Å². The van der Waals surface area contributed by atoms with Crippen molar-refractivity contribution in [3.8, 4) is 6.07 Å². The van der Waals surface area contributed by atoms with Crippen LogP contribution in [0.3, 0.4) is 0 Å². The predicted octanol–water partition coefficient (Wildman–Crippen LogP) is 3.16. The zero-order valence-corrected chi connectivity index (χ0v) is 11.8. The number of nitrogens with one attached hydrogen (secondary N) is 1. The molecule has 0 saturated heterocycles. The molecular weight excluding hydrogens is 288 g/mol. The first-order valence-corrected chi connectivity index (χ1v) is 7.38. The molecular formula is C12H11ClN2OS2. The van der Waals surface area contributed by atoms with Crippen LogP contribution in [0.1, 0.15) is 21.4 Å². The molecule has 0 amide bonds. The highest BCUT2D eigenvalue weighted by Crippen LogP contribution is 2.26. The summed E-state index contributed by atoms with van der Waals surface area (Å²) in [7, 11) is 0. The van der Waals surface area contributed by atoms with Crippen LogP contribution in [-0.4, -0.2) is 11.7 Å². The maximum atomic E-state index is 9.90. The Balaban J connectivity index is 1.80. The molecule has 6 heteroatoms. The molecule has 0 bridgehead atoms. The highest BCUT2D eigenvalue weighted by Gasteiger charge is 2.09.